The molecule has 0 N–H and O–H groups in total. The maximum absolute atomic E-state index is 9.08. The molecule has 0 heterocycles. The normalized spacial score (nSPS) is 8.35. The second-order valence-corrected chi connectivity index (χ2v) is 8.74. The first-order valence-corrected chi connectivity index (χ1v) is 11.6. The van der Waals surface area contributed by atoms with Crippen LogP contribution in [0.3, 0.4) is 0 Å². The molecular weight excluding hydrogens is 476 g/mol. The molecule has 0 aliphatic heterocycles. The van der Waals surface area contributed by atoms with Gasteiger partial charge in [-0.2, -0.15) is 0 Å². The second-order valence-electron chi connectivity index (χ2n) is 3.11. The Kier molecular flexibility index (Phi) is 94.5. The van der Waals surface area contributed by atoms with Crippen LogP contribution in [0.4, 0.5) is 0 Å². The molecule has 152 valence electrons. The number of rotatable bonds is 0. The summed E-state index contributed by atoms with van der Waals surface area (Å²) in [5, 5.41) is 25.2. The fourth-order valence-corrected chi connectivity index (χ4v) is 0. The van der Waals surface area contributed by atoms with E-state index in [1.807, 2.05) is 0 Å². The Morgan fingerprint density at radius 3 is 0.387 bits per heavy atom. The molecule has 0 aromatic carbocycles. The average Bonchev–Trinajstić information content (AvgIpc) is 1.82. The van der Waals surface area contributed by atoms with E-state index in [0.717, 1.165) is 0 Å². The van der Waals surface area contributed by atoms with E-state index in [-0.39, 0.29) is 132 Å². The van der Waals surface area contributed by atoms with Crippen LogP contribution in [0.5, 0.6) is 0 Å². The first-order valence-electron chi connectivity index (χ1n) is 4.34. The maximum Gasteiger partial charge on any atom is 1.00 e. The molecule has 0 aromatic rings. The fraction of sp³-hybridized carbons (Fsp3) is 1.00. The zero-order chi connectivity index (χ0) is 21.6. The molecule has 31 heavy (non-hydrogen) atoms. The first kappa shape index (κ1) is 76.5. The summed E-state index contributed by atoms with van der Waals surface area (Å²) in [6.07, 6.45) is 2.42. The minimum atomic E-state index is -3.92. The van der Waals surface area contributed by atoms with Crippen LogP contribution in [-0.2, 0) is 40.5 Å². The molecule has 0 radical (unpaired) electrons. The van der Waals surface area contributed by atoms with Crippen molar-refractivity contribution in [3.8, 4) is 0 Å². The van der Waals surface area contributed by atoms with Crippen molar-refractivity contribution in [3.63, 3.8) is 0 Å². The molecule has 0 saturated heterocycles. The van der Waals surface area contributed by atoms with Gasteiger partial charge in [0.05, 0.1) is 40.5 Å². The zero-order valence-corrected chi connectivity index (χ0v) is 22.6. The summed E-state index contributed by atoms with van der Waals surface area (Å²) in [6, 6.07) is 0. The standard InChI is InChI=1S/4CH4O3S.BO3.7Li/c4*1-5(2,3)4;2-1(3)4;;;;;;;/h4*1H3,(H,2,3,4);;;;;;;;/q;;;;-3;7*+1/p-4. The van der Waals surface area contributed by atoms with Crippen molar-refractivity contribution >= 4 is 47.8 Å². The monoisotopic (exact) mass is 488 g/mol. The Hall–Kier alpha value is 3.77. The SMILES string of the molecule is CS(=O)(=O)[O-].CS(=O)(=O)[O-].CS(=O)(=O)[O-].CS(=O)(=O)[O-].[Li+].[Li+].[Li+].[Li+].[Li+].[Li+].[Li+].[O-]B([O-])[O-]. The van der Waals surface area contributed by atoms with Crippen LogP contribution < -0.4 is 147 Å². The third-order valence-corrected chi connectivity index (χ3v) is 0. The van der Waals surface area contributed by atoms with Crippen LogP contribution >= 0.6 is 0 Å². The van der Waals surface area contributed by atoms with E-state index in [4.69, 9.17) is 67.0 Å². The van der Waals surface area contributed by atoms with E-state index in [0.29, 0.717) is 25.0 Å². The van der Waals surface area contributed by atoms with Gasteiger partial charge in [0.25, 0.3) is 0 Å². The molecule has 0 amide bonds. The zero-order valence-electron chi connectivity index (χ0n) is 19.3. The summed E-state index contributed by atoms with van der Waals surface area (Å²) in [4.78, 5) is 0. The van der Waals surface area contributed by atoms with Gasteiger partial charge < -0.3 is 33.3 Å². The van der Waals surface area contributed by atoms with Gasteiger partial charge in [-0.05, 0) is 0 Å². The van der Waals surface area contributed by atoms with Crippen molar-refractivity contribution in [2.75, 3.05) is 25.0 Å². The van der Waals surface area contributed by atoms with Gasteiger partial charge in [-0.25, -0.2) is 33.7 Å². The average molecular weight is 488 g/mol. The van der Waals surface area contributed by atoms with Crippen LogP contribution in [0.1, 0.15) is 0 Å². The van der Waals surface area contributed by atoms with E-state index < -0.39 is 47.8 Å². The first-order chi connectivity index (χ1) is 9.73. The molecule has 0 saturated carbocycles. The van der Waals surface area contributed by atoms with Gasteiger partial charge in [0.1, 0.15) is 0 Å². The Bertz CT molecular complexity index is 552. The molecule has 0 unspecified atom stereocenters. The van der Waals surface area contributed by atoms with Crippen molar-refractivity contribution in [2.45, 2.75) is 0 Å². The second kappa shape index (κ2) is 38.3. The molecule has 0 aliphatic rings. The van der Waals surface area contributed by atoms with E-state index in [2.05, 4.69) is 0 Å². The molecule has 27 heteroatoms. The molecule has 0 fully saturated rings. The Morgan fingerprint density at radius 1 is 0.387 bits per heavy atom. The van der Waals surface area contributed by atoms with E-state index in [1.165, 1.54) is 0 Å². The van der Waals surface area contributed by atoms with E-state index in [9.17, 15) is 0 Å². The summed E-state index contributed by atoms with van der Waals surface area (Å²) in [5.41, 5.74) is 0. The van der Waals surface area contributed by atoms with Gasteiger partial charge in [0.2, 0.25) is 0 Å². The van der Waals surface area contributed by atoms with Gasteiger partial charge in [-0.3, -0.25) is 7.32 Å². The Labute approximate surface area is 268 Å². The third kappa shape index (κ3) is 2400. The van der Waals surface area contributed by atoms with Crippen molar-refractivity contribution < 1.29 is 199 Å². The van der Waals surface area contributed by atoms with Gasteiger partial charge in [0.15, 0.2) is 0 Å². The summed E-state index contributed by atoms with van der Waals surface area (Å²) in [5.74, 6) is 0. The smallest absolute Gasteiger partial charge is 0.907 e. The molecule has 0 atom stereocenters. The summed E-state index contributed by atoms with van der Waals surface area (Å²) >= 11 is 0. The summed E-state index contributed by atoms with van der Waals surface area (Å²) in [6.45, 7) is 0. The quantitative estimate of drug-likeness (QED) is 0.226. The fourth-order valence-electron chi connectivity index (χ4n) is 0. The Morgan fingerprint density at radius 2 is 0.387 bits per heavy atom. The predicted molar refractivity (Wildman–Crippen MR) is 68.2 cm³/mol. The minimum Gasteiger partial charge on any atom is -0.907 e. The topological polar surface area (TPSA) is 298 Å². The molecule has 0 spiro atoms. The van der Waals surface area contributed by atoms with Crippen LogP contribution in [0.15, 0.2) is 0 Å². The van der Waals surface area contributed by atoms with Gasteiger partial charge in [-0.15, -0.1) is 0 Å². The largest absolute Gasteiger partial charge is 1.00 e. The molecule has 0 bridgehead atoms. The van der Waals surface area contributed by atoms with Crippen molar-refractivity contribution in [1.82, 2.24) is 0 Å². The van der Waals surface area contributed by atoms with Crippen LogP contribution in [-0.4, -0.2) is 84.2 Å². The molecule has 0 rings (SSSR count). The maximum atomic E-state index is 9.08. The number of hydrogen-bond acceptors (Lipinski definition) is 15. The van der Waals surface area contributed by atoms with E-state index in [1.54, 1.807) is 0 Å². The van der Waals surface area contributed by atoms with Crippen LogP contribution in [0.25, 0.3) is 0 Å². The van der Waals surface area contributed by atoms with Gasteiger partial charge in [-0.1, -0.05) is 0 Å². The van der Waals surface area contributed by atoms with Crippen LogP contribution in [0, 0.1) is 0 Å². The summed E-state index contributed by atoms with van der Waals surface area (Å²) < 4.78 is 109. The third-order valence-electron chi connectivity index (χ3n) is 0. The predicted octanol–water partition coefficient (Wildman–Crippen LogP) is -28.3. The Balaban J connectivity index is -0.0000000138. The van der Waals surface area contributed by atoms with E-state index >= 15 is 0 Å². The van der Waals surface area contributed by atoms with Crippen LogP contribution in [0.2, 0.25) is 0 Å². The molecule has 0 aliphatic carbocycles. The van der Waals surface area contributed by atoms with Crippen molar-refractivity contribution in [3.05, 3.63) is 0 Å². The molecule has 15 nitrogen and oxygen atoms in total. The molecule has 0 aromatic heterocycles. The summed E-state index contributed by atoms with van der Waals surface area (Å²) in [7, 11) is -18.6. The van der Waals surface area contributed by atoms with Gasteiger partial charge >= 0.3 is 132 Å². The minimum absolute atomic E-state index is 0. The van der Waals surface area contributed by atoms with Crippen molar-refractivity contribution in [1.29, 1.82) is 0 Å². The van der Waals surface area contributed by atoms with Gasteiger partial charge in [0, 0.05) is 25.0 Å². The molecular formula is C4H12BLi7O15S4. The van der Waals surface area contributed by atoms with Crippen molar-refractivity contribution in [2.24, 2.45) is 0 Å². The number of hydrogen-bond donors (Lipinski definition) is 0.